The number of aliphatic hydroxyl groups is 1. The molecule has 0 bridgehead atoms. The van der Waals surface area contributed by atoms with E-state index in [2.05, 4.69) is 19.9 Å². The van der Waals surface area contributed by atoms with Gasteiger partial charge in [0.2, 0.25) is 0 Å². The number of ketones is 2. The summed E-state index contributed by atoms with van der Waals surface area (Å²) in [7, 11) is 0. The second-order valence-electron chi connectivity index (χ2n) is 8.15. The Bertz CT molecular complexity index is 616. The number of fused-ring (bicyclic) bond motifs is 5. The Morgan fingerprint density at radius 3 is 2.65 bits per heavy atom. The first-order valence-corrected chi connectivity index (χ1v) is 8.51. The van der Waals surface area contributed by atoms with Crippen LogP contribution in [0.25, 0.3) is 0 Å². The van der Waals surface area contributed by atoms with E-state index in [1.807, 2.05) is 6.08 Å². The maximum atomic E-state index is 12.4. The monoisotopic (exact) mass is 316 g/mol. The maximum Gasteiger partial charge on any atom is 0.159 e. The topological polar surface area (TPSA) is 54.4 Å². The average Bonchev–Trinajstić information content (AvgIpc) is 2.77. The quantitative estimate of drug-likeness (QED) is 0.696. The summed E-state index contributed by atoms with van der Waals surface area (Å²) in [5.41, 5.74) is 0.727. The van der Waals surface area contributed by atoms with E-state index in [0.717, 1.165) is 24.8 Å². The van der Waals surface area contributed by atoms with Crippen molar-refractivity contribution in [1.29, 1.82) is 0 Å². The molecule has 0 saturated heterocycles. The molecule has 2 fully saturated rings. The summed E-state index contributed by atoms with van der Waals surface area (Å²) >= 11 is 0. The Hall–Kier alpha value is -1.22. The van der Waals surface area contributed by atoms with Crippen LogP contribution in [0.3, 0.4) is 0 Å². The van der Waals surface area contributed by atoms with Gasteiger partial charge in [0.15, 0.2) is 5.78 Å². The van der Waals surface area contributed by atoms with Gasteiger partial charge < -0.3 is 5.11 Å². The molecule has 0 heterocycles. The predicted molar refractivity (Wildman–Crippen MR) is 89.7 cm³/mol. The van der Waals surface area contributed by atoms with Crippen LogP contribution in [0.15, 0.2) is 23.8 Å². The normalized spacial score (nSPS) is 48.0. The third-order valence-corrected chi connectivity index (χ3v) is 7.25. The Morgan fingerprint density at radius 1 is 1.17 bits per heavy atom. The molecule has 0 radical (unpaired) electrons. The first kappa shape index (κ1) is 16.6. The van der Waals surface area contributed by atoms with E-state index in [9.17, 15) is 14.7 Å². The number of allylic oxidation sites excluding steroid dienone is 3. The second kappa shape index (κ2) is 5.14. The number of Topliss-reactive ketones (excluding diaryl/α,β-unsaturated/α-hetero) is 1. The van der Waals surface area contributed by atoms with Gasteiger partial charge in [-0.25, -0.2) is 0 Å². The third-order valence-electron chi connectivity index (χ3n) is 7.25. The predicted octanol–water partition coefficient (Wildman–Crippen LogP) is 3.47. The Balaban J connectivity index is 0.00000156. The van der Waals surface area contributed by atoms with Gasteiger partial charge in [-0.3, -0.25) is 9.59 Å². The minimum absolute atomic E-state index is 0. The molecule has 0 aromatic heterocycles. The van der Waals surface area contributed by atoms with Crippen LogP contribution < -0.4 is 0 Å². The zero-order valence-corrected chi connectivity index (χ0v) is 13.3. The minimum atomic E-state index is -0.511. The summed E-state index contributed by atoms with van der Waals surface area (Å²) in [6.45, 7) is 4.32. The highest BCUT2D eigenvalue weighted by Crippen LogP contribution is 2.62. The fourth-order valence-corrected chi connectivity index (χ4v) is 5.87. The lowest BCUT2D eigenvalue weighted by Gasteiger charge is -2.56. The van der Waals surface area contributed by atoms with Crippen LogP contribution in [-0.2, 0) is 9.59 Å². The van der Waals surface area contributed by atoms with Crippen LogP contribution in [-0.4, -0.2) is 22.8 Å². The lowest BCUT2D eigenvalue weighted by atomic mass is 9.48. The zero-order chi connectivity index (χ0) is 15.7. The van der Waals surface area contributed by atoms with Crippen molar-refractivity contribution >= 4 is 11.6 Å². The molecule has 4 aliphatic rings. The number of hydrogen-bond donors (Lipinski definition) is 1. The van der Waals surface area contributed by atoms with E-state index >= 15 is 0 Å². The van der Waals surface area contributed by atoms with Gasteiger partial charge in [0.1, 0.15) is 5.78 Å². The standard InChI is InChI=1S/C19H24O3.CH4/c1-18-7-5-12(20)9-11(18)10-15(21)17-13-3-4-16(22)19(13,2)8-6-14(17)18;/h5,7,10,13-15,17,21H,3-4,6,8-9H2,1-2H3;1H4/t13?,14?,15-,17?,18-,19-;/m0./s1. The number of rotatable bonds is 0. The maximum absolute atomic E-state index is 12.4. The second-order valence-corrected chi connectivity index (χ2v) is 8.15. The first-order chi connectivity index (χ1) is 10.4. The number of carbonyl (C=O) groups is 2. The molecule has 0 aromatic rings. The summed E-state index contributed by atoms with van der Waals surface area (Å²) in [5, 5.41) is 10.8. The smallest absolute Gasteiger partial charge is 0.159 e. The molecule has 6 atom stereocenters. The molecule has 126 valence electrons. The number of hydrogen-bond acceptors (Lipinski definition) is 3. The van der Waals surface area contributed by atoms with Crippen molar-refractivity contribution in [2.45, 2.75) is 59.5 Å². The van der Waals surface area contributed by atoms with Crippen molar-refractivity contribution in [3.05, 3.63) is 23.8 Å². The van der Waals surface area contributed by atoms with E-state index in [0.29, 0.717) is 24.5 Å². The summed E-state index contributed by atoms with van der Waals surface area (Å²) in [6, 6.07) is 0. The van der Waals surface area contributed by atoms with Crippen LogP contribution in [0.4, 0.5) is 0 Å². The van der Waals surface area contributed by atoms with Crippen LogP contribution in [0.5, 0.6) is 0 Å². The molecule has 3 unspecified atom stereocenters. The van der Waals surface area contributed by atoms with E-state index in [1.54, 1.807) is 6.08 Å². The van der Waals surface area contributed by atoms with Crippen molar-refractivity contribution in [3.63, 3.8) is 0 Å². The Kier molecular flexibility index (Phi) is 3.72. The molecule has 1 N–H and O–H groups in total. The van der Waals surface area contributed by atoms with Gasteiger partial charge in [-0.1, -0.05) is 39.0 Å². The van der Waals surface area contributed by atoms with Crippen molar-refractivity contribution in [1.82, 2.24) is 0 Å². The van der Waals surface area contributed by atoms with Crippen molar-refractivity contribution < 1.29 is 14.7 Å². The Morgan fingerprint density at radius 2 is 1.91 bits per heavy atom. The van der Waals surface area contributed by atoms with Gasteiger partial charge in [-0.05, 0) is 43.1 Å². The summed E-state index contributed by atoms with van der Waals surface area (Å²) in [4.78, 5) is 24.1. The molecule has 3 heteroatoms. The highest BCUT2D eigenvalue weighted by molar-refractivity contribution is 5.93. The fraction of sp³-hybridized carbons (Fsp3) is 0.700. The van der Waals surface area contributed by atoms with Crippen molar-refractivity contribution in [3.8, 4) is 0 Å². The van der Waals surface area contributed by atoms with E-state index in [1.165, 1.54) is 0 Å². The molecular formula is C20H28O3. The van der Waals surface area contributed by atoms with Gasteiger partial charge in [-0.15, -0.1) is 0 Å². The first-order valence-electron chi connectivity index (χ1n) is 8.51. The van der Waals surface area contributed by atoms with Crippen LogP contribution >= 0.6 is 0 Å². The summed E-state index contributed by atoms with van der Waals surface area (Å²) < 4.78 is 0. The van der Waals surface area contributed by atoms with E-state index in [-0.39, 0.29) is 35.9 Å². The van der Waals surface area contributed by atoms with Crippen LogP contribution in [0.2, 0.25) is 0 Å². The summed E-state index contributed by atoms with van der Waals surface area (Å²) in [5.74, 6) is 1.30. The molecule has 0 amide bonds. The van der Waals surface area contributed by atoms with E-state index < -0.39 is 6.10 Å². The molecule has 0 aromatic carbocycles. The largest absolute Gasteiger partial charge is 0.389 e. The van der Waals surface area contributed by atoms with Crippen LogP contribution in [0.1, 0.15) is 53.4 Å². The van der Waals surface area contributed by atoms with Crippen molar-refractivity contribution in [2.24, 2.45) is 28.6 Å². The fourth-order valence-electron chi connectivity index (χ4n) is 5.87. The summed E-state index contributed by atoms with van der Waals surface area (Å²) in [6.07, 6.45) is 9.11. The van der Waals surface area contributed by atoms with E-state index in [4.69, 9.17) is 0 Å². The van der Waals surface area contributed by atoms with Crippen LogP contribution in [0, 0.1) is 28.6 Å². The zero-order valence-electron chi connectivity index (χ0n) is 13.3. The number of carbonyl (C=O) groups excluding carboxylic acids is 2. The SMILES string of the molecule is C.C[C@]12C=CC(=O)CC1=C[C@H](O)C1C2CC[C@]2(C)C(=O)CCC12. The lowest BCUT2D eigenvalue weighted by molar-refractivity contribution is -0.133. The molecule has 0 aliphatic heterocycles. The van der Waals surface area contributed by atoms with Gasteiger partial charge in [0, 0.05) is 23.7 Å². The highest BCUT2D eigenvalue weighted by Gasteiger charge is 2.60. The lowest BCUT2D eigenvalue weighted by Crippen LogP contribution is -2.53. The van der Waals surface area contributed by atoms with Crippen molar-refractivity contribution in [2.75, 3.05) is 0 Å². The van der Waals surface area contributed by atoms with Gasteiger partial charge in [0.25, 0.3) is 0 Å². The van der Waals surface area contributed by atoms with Gasteiger partial charge in [-0.2, -0.15) is 0 Å². The van der Waals surface area contributed by atoms with Gasteiger partial charge >= 0.3 is 0 Å². The average molecular weight is 316 g/mol. The highest BCUT2D eigenvalue weighted by atomic mass is 16.3. The molecule has 23 heavy (non-hydrogen) atoms. The molecule has 4 rings (SSSR count). The molecular weight excluding hydrogens is 288 g/mol. The number of aliphatic hydroxyl groups excluding tert-OH is 1. The molecule has 0 spiro atoms. The molecule has 4 aliphatic carbocycles. The molecule has 2 saturated carbocycles. The molecule has 3 nitrogen and oxygen atoms in total. The minimum Gasteiger partial charge on any atom is -0.389 e. The van der Waals surface area contributed by atoms with Gasteiger partial charge in [0.05, 0.1) is 6.10 Å². The Labute approximate surface area is 138 Å². The third kappa shape index (κ3) is 2.05.